The summed E-state index contributed by atoms with van der Waals surface area (Å²) in [4.78, 5) is 4.55. The number of aromatic nitrogens is 1. The van der Waals surface area contributed by atoms with Crippen molar-refractivity contribution in [3.05, 3.63) is 42.1 Å². The Bertz CT molecular complexity index is 500. The second kappa shape index (κ2) is 5.96. The molecule has 1 N–H and O–H groups in total. The van der Waals surface area contributed by atoms with Gasteiger partial charge < -0.3 is 5.32 Å². The Morgan fingerprint density at radius 2 is 1.94 bits per heavy atom. The standard InChI is InChI=1S/C16H22N2/c1-4-17-15(11-12(2)3)14-9-5-7-13-8-6-10-18-16(13)14/h5-10,12,15,17H,4,11H2,1-3H3. The van der Waals surface area contributed by atoms with Gasteiger partial charge in [-0.2, -0.15) is 0 Å². The van der Waals surface area contributed by atoms with Gasteiger partial charge in [0.1, 0.15) is 0 Å². The molecule has 1 aromatic heterocycles. The number of pyridine rings is 1. The van der Waals surface area contributed by atoms with E-state index in [1.165, 1.54) is 10.9 Å². The first kappa shape index (κ1) is 13.0. The average Bonchev–Trinajstić information content (AvgIpc) is 2.37. The van der Waals surface area contributed by atoms with Gasteiger partial charge in [-0.25, -0.2) is 0 Å². The predicted molar refractivity (Wildman–Crippen MR) is 77.6 cm³/mol. The molecular formula is C16H22N2. The normalized spacial score (nSPS) is 13.1. The van der Waals surface area contributed by atoms with Gasteiger partial charge in [0.15, 0.2) is 0 Å². The number of para-hydroxylation sites is 1. The topological polar surface area (TPSA) is 24.9 Å². The van der Waals surface area contributed by atoms with Crippen LogP contribution in [0.25, 0.3) is 10.9 Å². The number of nitrogens with zero attached hydrogens (tertiary/aromatic N) is 1. The van der Waals surface area contributed by atoms with Gasteiger partial charge >= 0.3 is 0 Å². The van der Waals surface area contributed by atoms with Gasteiger partial charge in [0.25, 0.3) is 0 Å². The Kier molecular flexibility index (Phi) is 4.32. The Balaban J connectivity index is 2.43. The zero-order chi connectivity index (χ0) is 13.0. The van der Waals surface area contributed by atoms with Crippen LogP contribution in [0.4, 0.5) is 0 Å². The number of benzene rings is 1. The third-order valence-electron chi connectivity index (χ3n) is 3.20. The molecule has 1 unspecified atom stereocenters. The van der Waals surface area contributed by atoms with E-state index in [4.69, 9.17) is 0 Å². The number of fused-ring (bicyclic) bond motifs is 1. The highest BCUT2D eigenvalue weighted by atomic mass is 14.9. The lowest BCUT2D eigenvalue weighted by atomic mass is 9.95. The van der Waals surface area contributed by atoms with E-state index in [-0.39, 0.29) is 0 Å². The van der Waals surface area contributed by atoms with Crippen LogP contribution in [0.5, 0.6) is 0 Å². The van der Waals surface area contributed by atoms with Crippen molar-refractivity contribution in [1.29, 1.82) is 0 Å². The molecule has 0 radical (unpaired) electrons. The zero-order valence-corrected chi connectivity index (χ0v) is 11.5. The maximum Gasteiger partial charge on any atom is 0.0749 e. The van der Waals surface area contributed by atoms with Crippen LogP contribution in [0.3, 0.4) is 0 Å². The molecule has 0 saturated heterocycles. The van der Waals surface area contributed by atoms with Gasteiger partial charge in [-0.15, -0.1) is 0 Å². The van der Waals surface area contributed by atoms with Crippen LogP contribution in [0.1, 0.15) is 38.8 Å². The molecule has 0 amide bonds. The van der Waals surface area contributed by atoms with Crippen LogP contribution in [0.2, 0.25) is 0 Å². The average molecular weight is 242 g/mol. The van der Waals surface area contributed by atoms with E-state index in [1.807, 2.05) is 12.3 Å². The van der Waals surface area contributed by atoms with Crippen LogP contribution < -0.4 is 5.32 Å². The lowest BCUT2D eigenvalue weighted by Crippen LogP contribution is -2.22. The van der Waals surface area contributed by atoms with Crippen LogP contribution in [-0.4, -0.2) is 11.5 Å². The number of rotatable bonds is 5. The van der Waals surface area contributed by atoms with Crippen molar-refractivity contribution < 1.29 is 0 Å². The summed E-state index contributed by atoms with van der Waals surface area (Å²) < 4.78 is 0. The van der Waals surface area contributed by atoms with Gasteiger partial charge in [0, 0.05) is 17.6 Å². The fraction of sp³-hybridized carbons (Fsp3) is 0.438. The fourth-order valence-electron chi connectivity index (χ4n) is 2.45. The Hall–Kier alpha value is -1.41. The first-order valence-electron chi connectivity index (χ1n) is 6.79. The third kappa shape index (κ3) is 2.88. The molecule has 2 heteroatoms. The highest BCUT2D eigenvalue weighted by Crippen LogP contribution is 2.26. The minimum atomic E-state index is 0.397. The minimum absolute atomic E-state index is 0.397. The first-order valence-corrected chi connectivity index (χ1v) is 6.79. The lowest BCUT2D eigenvalue weighted by molar-refractivity contribution is 0.440. The molecule has 0 aliphatic heterocycles. The quantitative estimate of drug-likeness (QED) is 0.859. The van der Waals surface area contributed by atoms with E-state index >= 15 is 0 Å². The second-order valence-corrected chi connectivity index (χ2v) is 5.16. The molecule has 1 aromatic carbocycles. The summed E-state index contributed by atoms with van der Waals surface area (Å²) >= 11 is 0. The summed E-state index contributed by atoms with van der Waals surface area (Å²) in [6.45, 7) is 7.68. The van der Waals surface area contributed by atoms with Gasteiger partial charge in [0.05, 0.1) is 5.52 Å². The Morgan fingerprint density at radius 1 is 1.17 bits per heavy atom. The molecule has 0 bridgehead atoms. The number of hydrogen-bond donors (Lipinski definition) is 1. The SMILES string of the molecule is CCNC(CC(C)C)c1cccc2cccnc12. The van der Waals surface area contributed by atoms with Crippen molar-refractivity contribution >= 4 is 10.9 Å². The molecule has 2 aromatic rings. The molecule has 0 aliphatic carbocycles. The summed E-state index contributed by atoms with van der Waals surface area (Å²) in [7, 11) is 0. The van der Waals surface area contributed by atoms with E-state index in [9.17, 15) is 0 Å². The van der Waals surface area contributed by atoms with Crippen LogP contribution in [-0.2, 0) is 0 Å². The largest absolute Gasteiger partial charge is 0.310 e. The summed E-state index contributed by atoms with van der Waals surface area (Å²) in [6.07, 6.45) is 3.02. The monoisotopic (exact) mass is 242 g/mol. The van der Waals surface area contributed by atoms with Gasteiger partial charge in [-0.05, 0) is 30.5 Å². The van der Waals surface area contributed by atoms with Crippen molar-refractivity contribution in [1.82, 2.24) is 10.3 Å². The molecule has 2 rings (SSSR count). The maximum absolute atomic E-state index is 4.55. The Labute approximate surface area is 109 Å². The molecule has 96 valence electrons. The summed E-state index contributed by atoms with van der Waals surface area (Å²) in [6, 6.07) is 11.0. The highest BCUT2D eigenvalue weighted by Gasteiger charge is 2.15. The van der Waals surface area contributed by atoms with E-state index in [0.717, 1.165) is 18.5 Å². The van der Waals surface area contributed by atoms with Crippen molar-refractivity contribution in [2.75, 3.05) is 6.54 Å². The highest BCUT2D eigenvalue weighted by molar-refractivity contribution is 5.81. The lowest BCUT2D eigenvalue weighted by Gasteiger charge is -2.21. The molecule has 0 aliphatic rings. The molecule has 1 atom stereocenters. The van der Waals surface area contributed by atoms with Gasteiger partial charge in [-0.3, -0.25) is 4.98 Å². The molecule has 0 saturated carbocycles. The van der Waals surface area contributed by atoms with Crippen LogP contribution in [0.15, 0.2) is 36.5 Å². The third-order valence-corrected chi connectivity index (χ3v) is 3.20. The van der Waals surface area contributed by atoms with E-state index in [0.29, 0.717) is 12.0 Å². The second-order valence-electron chi connectivity index (χ2n) is 5.16. The van der Waals surface area contributed by atoms with Crippen LogP contribution in [0, 0.1) is 5.92 Å². The van der Waals surface area contributed by atoms with Crippen molar-refractivity contribution in [3.63, 3.8) is 0 Å². The van der Waals surface area contributed by atoms with Crippen LogP contribution >= 0.6 is 0 Å². The van der Waals surface area contributed by atoms with Crippen molar-refractivity contribution in [2.45, 2.75) is 33.2 Å². The molecule has 1 heterocycles. The first-order chi connectivity index (χ1) is 8.72. The molecule has 2 nitrogen and oxygen atoms in total. The van der Waals surface area contributed by atoms with Gasteiger partial charge in [0.2, 0.25) is 0 Å². The minimum Gasteiger partial charge on any atom is -0.310 e. The number of nitrogens with one attached hydrogen (secondary N) is 1. The zero-order valence-electron chi connectivity index (χ0n) is 11.5. The van der Waals surface area contributed by atoms with E-state index < -0.39 is 0 Å². The van der Waals surface area contributed by atoms with E-state index in [2.05, 4.69) is 55.3 Å². The van der Waals surface area contributed by atoms with Crippen molar-refractivity contribution in [2.24, 2.45) is 5.92 Å². The van der Waals surface area contributed by atoms with E-state index in [1.54, 1.807) is 0 Å². The summed E-state index contributed by atoms with van der Waals surface area (Å²) in [5, 5.41) is 4.81. The summed E-state index contributed by atoms with van der Waals surface area (Å²) in [5.74, 6) is 0.674. The smallest absolute Gasteiger partial charge is 0.0749 e. The Morgan fingerprint density at radius 3 is 2.67 bits per heavy atom. The molecular weight excluding hydrogens is 220 g/mol. The predicted octanol–water partition coefficient (Wildman–Crippen LogP) is 3.93. The maximum atomic E-state index is 4.55. The van der Waals surface area contributed by atoms with Crippen molar-refractivity contribution in [3.8, 4) is 0 Å². The van der Waals surface area contributed by atoms with Gasteiger partial charge in [-0.1, -0.05) is 45.0 Å². The molecule has 0 fully saturated rings. The molecule has 0 spiro atoms. The molecule has 18 heavy (non-hydrogen) atoms. The number of hydrogen-bond acceptors (Lipinski definition) is 2. The fourth-order valence-corrected chi connectivity index (χ4v) is 2.45. The summed E-state index contributed by atoms with van der Waals surface area (Å²) in [5.41, 5.74) is 2.45.